The predicted molar refractivity (Wildman–Crippen MR) is 95.7 cm³/mol. The fraction of sp³-hybridized carbons (Fsp3) is 0.100. The first kappa shape index (κ1) is 16.2. The molecular weight excluding hydrogens is 336 g/mol. The first-order valence-corrected chi connectivity index (χ1v) is 8.09. The molecule has 0 fully saturated rings. The Kier molecular flexibility index (Phi) is 4.08. The molecule has 0 aliphatic carbocycles. The zero-order chi connectivity index (χ0) is 18.1. The standard InChI is InChI=1S/C20H15F2N3O/c1-25(12-13-6-8-14(21)9-7-13)18-11-10-16-19(24-26-20(16)23-18)15-4-2-3-5-17(15)22/h2-11H,12H2,1H3. The summed E-state index contributed by atoms with van der Waals surface area (Å²) in [5.74, 6) is 0.0524. The van der Waals surface area contributed by atoms with Gasteiger partial charge in [0, 0.05) is 19.2 Å². The van der Waals surface area contributed by atoms with Crippen LogP contribution in [-0.4, -0.2) is 17.2 Å². The van der Waals surface area contributed by atoms with Crippen molar-refractivity contribution in [1.29, 1.82) is 0 Å². The van der Waals surface area contributed by atoms with Crippen LogP contribution in [0.2, 0.25) is 0 Å². The maximum absolute atomic E-state index is 14.0. The molecule has 0 aliphatic heterocycles. The summed E-state index contributed by atoms with van der Waals surface area (Å²) in [6.45, 7) is 0.563. The highest BCUT2D eigenvalue weighted by Gasteiger charge is 2.16. The van der Waals surface area contributed by atoms with Crippen molar-refractivity contribution in [1.82, 2.24) is 10.1 Å². The van der Waals surface area contributed by atoms with Crippen molar-refractivity contribution in [2.45, 2.75) is 6.54 Å². The van der Waals surface area contributed by atoms with Gasteiger partial charge < -0.3 is 9.42 Å². The molecule has 0 radical (unpaired) electrons. The van der Waals surface area contributed by atoms with Crippen LogP contribution in [0.25, 0.3) is 22.4 Å². The van der Waals surface area contributed by atoms with Crippen molar-refractivity contribution in [3.05, 3.63) is 77.9 Å². The Labute approximate surface area is 148 Å². The molecule has 0 saturated carbocycles. The van der Waals surface area contributed by atoms with E-state index in [2.05, 4.69) is 10.1 Å². The molecule has 0 bridgehead atoms. The zero-order valence-electron chi connectivity index (χ0n) is 14.0. The number of fused-ring (bicyclic) bond motifs is 1. The topological polar surface area (TPSA) is 42.2 Å². The molecule has 4 aromatic rings. The smallest absolute Gasteiger partial charge is 0.260 e. The van der Waals surface area contributed by atoms with Crippen LogP contribution in [0.4, 0.5) is 14.6 Å². The maximum atomic E-state index is 14.0. The van der Waals surface area contributed by atoms with Gasteiger partial charge in [0.25, 0.3) is 5.71 Å². The van der Waals surface area contributed by atoms with Gasteiger partial charge in [0.05, 0.1) is 5.39 Å². The molecule has 0 N–H and O–H groups in total. The molecule has 0 atom stereocenters. The highest BCUT2D eigenvalue weighted by molar-refractivity contribution is 5.90. The number of benzene rings is 2. The van der Waals surface area contributed by atoms with E-state index in [1.165, 1.54) is 18.2 Å². The van der Waals surface area contributed by atoms with Crippen LogP contribution in [0.3, 0.4) is 0 Å². The number of halogens is 2. The van der Waals surface area contributed by atoms with E-state index in [9.17, 15) is 8.78 Å². The van der Waals surface area contributed by atoms with Crippen molar-refractivity contribution < 1.29 is 13.3 Å². The quantitative estimate of drug-likeness (QED) is 0.529. The fourth-order valence-corrected chi connectivity index (χ4v) is 2.82. The van der Waals surface area contributed by atoms with E-state index in [4.69, 9.17) is 4.52 Å². The van der Waals surface area contributed by atoms with Gasteiger partial charge in [0.2, 0.25) is 0 Å². The van der Waals surface area contributed by atoms with Crippen molar-refractivity contribution in [3.8, 4) is 11.3 Å². The van der Waals surface area contributed by atoms with Crippen LogP contribution in [0.15, 0.2) is 65.2 Å². The molecule has 2 heterocycles. The molecular formula is C20H15F2N3O. The summed E-state index contributed by atoms with van der Waals surface area (Å²) in [6, 6.07) is 16.4. The molecule has 130 valence electrons. The summed E-state index contributed by atoms with van der Waals surface area (Å²) < 4.78 is 32.4. The van der Waals surface area contributed by atoms with Crippen LogP contribution in [-0.2, 0) is 6.54 Å². The fourth-order valence-electron chi connectivity index (χ4n) is 2.82. The molecule has 2 aromatic carbocycles. The molecule has 6 heteroatoms. The molecule has 26 heavy (non-hydrogen) atoms. The Morgan fingerprint density at radius 1 is 0.962 bits per heavy atom. The molecule has 0 spiro atoms. The number of rotatable bonds is 4. The molecule has 4 rings (SSSR count). The summed E-state index contributed by atoms with van der Waals surface area (Å²) in [5, 5.41) is 4.63. The molecule has 2 aromatic heterocycles. The first-order valence-electron chi connectivity index (χ1n) is 8.09. The Bertz CT molecular complexity index is 1060. The lowest BCUT2D eigenvalue weighted by Crippen LogP contribution is -2.17. The van der Waals surface area contributed by atoms with Crippen LogP contribution in [0.1, 0.15) is 5.56 Å². The Morgan fingerprint density at radius 3 is 2.50 bits per heavy atom. The van der Waals surface area contributed by atoms with E-state index in [1.807, 2.05) is 24.1 Å². The van der Waals surface area contributed by atoms with Gasteiger partial charge in [-0.25, -0.2) is 8.78 Å². The second kappa shape index (κ2) is 6.55. The predicted octanol–water partition coefficient (Wildman–Crippen LogP) is 4.80. The molecule has 0 aliphatic rings. The Hall–Kier alpha value is -3.28. The lowest BCUT2D eigenvalue weighted by atomic mass is 10.1. The van der Waals surface area contributed by atoms with E-state index in [1.54, 1.807) is 30.3 Å². The minimum absolute atomic E-state index is 0.265. The van der Waals surface area contributed by atoms with Gasteiger partial charge in [-0.3, -0.25) is 0 Å². The van der Waals surface area contributed by atoms with Crippen molar-refractivity contribution in [2.24, 2.45) is 0 Å². The molecule has 4 nitrogen and oxygen atoms in total. The van der Waals surface area contributed by atoms with E-state index >= 15 is 0 Å². The van der Waals surface area contributed by atoms with Crippen LogP contribution >= 0.6 is 0 Å². The second-order valence-corrected chi connectivity index (χ2v) is 6.02. The molecule has 0 amide bonds. The number of anilines is 1. The highest BCUT2D eigenvalue weighted by atomic mass is 19.1. The van der Waals surface area contributed by atoms with Crippen molar-refractivity contribution in [2.75, 3.05) is 11.9 Å². The molecule has 0 unspecified atom stereocenters. The van der Waals surface area contributed by atoms with Gasteiger partial charge in [-0.2, -0.15) is 4.98 Å². The highest BCUT2D eigenvalue weighted by Crippen LogP contribution is 2.30. The SMILES string of the molecule is CN(Cc1ccc(F)cc1)c1ccc2c(-c3ccccc3F)noc2n1. The van der Waals surface area contributed by atoms with Gasteiger partial charge in [0.1, 0.15) is 23.1 Å². The number of nitrogens with zero attached hydrogens (tertiary/aromatic N) is 3. The third-order valence-electron chi connectivity index (χ3n) is 4.18. The monoisotopic (exact) mass is 351 g/mol. The lowest BCUT2D eigenvalue weighted by Gasteiger charge is -2.17. The van der Waals surface area contributed by atoms with Crippen LogP contribution < -0.4 is 4.90 Å². The van der Waals surface area contributed by atoms with E-state index in [-0.39, 0.29) is 11.6 Å². The van der Waals surface area contributed by atoms with Gasteiger partial charge >= 0.3 is 0 Å². The van der Waals surface area contributed by atoms with E-state index < -0.39 is 0 Å². The van der Waals surface area contributed by atoms with Gasteiger partial charge in [0.15, 0.2) is 0 Å². The normalized spacial score (nSPS) is 11.0. The summed E-state index contributed by atoms with van der Waals surface area (Å²) in [7, 11) is 1.88. The van der Waals surface area contributed by atoms with Crippen LogP contribution in [0.5, 0.6) is 0 Å². The summed E-state index contributed by atoms with van der Waals surface area (Å²) >= 11 is 0. The zero-order valence-corrected chi connectivity index (χ0v) is 14.0. The van der Waals surface area contributed by atoms with Crippen molar-refractivity contribution >= 4 is 16.9 Å². The minimum Gasteiger partial charge on any atom is -0.355 e. The number of pyridine rings is 1. The van der Waals surface area contributed by atoms with Crippen LogP contribution in [0, 0.1) is 11.6 Å². The third kappa shape index (κ3) is 3.01. The average molecular weight is 351 g/mol. The third-order valence-corrected chi connectivity index (χ3v) is 4.18. The van der Waals surface area contributed by atoms with E-state index in [0.29, 0.717) is 34.7 Å². The minimum atomic E-state index is -0.361. The second-order valence-electron chi connectivity index (χ2n) is 6.02. The summed E-state index contributed by atoms with van der Waals surface area (Å²) in [4.78, 5) is 6.38. The van der Waals surface area contributed by atoms with Crippen molar-refractivity contribution in [3.63, 3.8) is 0 Å². The first-order chi connectivity index (χ1) is 12.6. The number of hydrogen-bond donors (Lipinski definition) is 0. The van der Waals surface area contributed by atoms with Gasteiger partial charge in [-0.05, 0) is 42.0 Å². The Morgan fingerprint density at radius 2 is 1.73 bits per heavy atom. The largest absolute Gasteiger partial charge is 0.355 e. The summed E-state index contributed by atoms with van der Waals surface area (Å²) in [5.41, 5.74) is 2.10. The summed E-state index contributed by atoms with van der Waals surface area (Å²) in [6.07, 6.45) is 0. The average Bonchev–Trinajstić information content (AvgIpc) is 3.07. The van der Waals surface area contributed by atoms with Gasteiger partial charge in [-0.1, -0.05) is 29.4 Å². The lowest BCUT2D eigenvalue weighted by molar-refractivity contribution is 0.451. The van der Waals surface area contributed by atoms with Gasteiger partial charge in [-0.15, -0.1) is 0 Å². The number of aromatic nitrogens is 2. The number of hydrogen-bond acceptors (Lipinski definition) is 4. The van der Waals surface area contributed by atoms with E-state index in [0.717, 1.165) is 5.56 Å². The molecule has 0 saturated heterocycles. The Balaban J connectivity index is 1.64. The maximum Gasteiger partial charge on any atom is 0.260 e.